The molecule has 0 atom stereocenters. The molecular formula is C14H13ClF3N5OS2. The largest absolute Gasteiger partial charge is 0.451 e. The molecule has 0 unspecified atom stereocenters. The van der Waals surface area contributed by atoms with Crippen molar-refractivity contribution in [3.63, 3.8) is 0 Å². The first kappa shape index (κ1) is 20.6. The van der Waals surface area contributed by atoms with Crippen molar-refractivity contribution in [1.82, 2.24) is 19.7 Å². The van der Waals surface area contributed by atoms with Gasteiger partial charge >= 0.3 is 6.18 Å². The lowest BCUT2D eigenvalue weighted by molar-refractivity contribution is -0.145. The van der Waals surface area contributed by atoms with Crippen molar-refractivity contribution in [3.8, 4) is 0 Å². The van der Waals surface area contributed by atoms with Gasteiger partial charge in [0.2, 0.25) is 5.82 Å². The molecule has 0 spiro atoms. The molecule has 6 nitrogen and oxygen atoms in total. The van der Waals surface area contributed by atoms with E-state index in [0.29, 0.717) is 16.8 Å². The minimum absolute atomic E-state index is 0. The number of carbonyl (C=O) groups excluding carboxylic acids is 1. The van der Waals surface area contributed by atoms with E-state index < -0.39 is 12.0 Å². The van der Waals surface area contributed by atoms with Crippen LogP contribution in [0.2, 0.25) is 0 Å². The van der Waals surface area contributed by atoms with Gasteiger partial charge in [0.1, 0.15) is 5.03 Å². The number of hydrogen-bond donors (Lipinski definition) is 1. The topological polar surface area (TPSA) is 86.7 Å². The average Bonchev–Trinajstić information content (AvgIpc) is 3.18. The number of aryl methyl sites for hydroxylation is 1. The lowest BCUT2D eigenvalue weighted by Crippen LogP contribution is -2.13. The van der Waals surface area contributed by atoms with Crippen molar-refractivity contribution in [3.05, 3.63) is 33.9 Å². The third-order valence-corrected chi connectivity index (χ3v) is 5.43. The fraction of sp³-hybridized carbons (Fsp3) is 0.286. The van der Waals surface area contributed by atoms with Gasteiger partial charge in [0.15, 0.2) is 11.4 Å². The van der Waals surface area contributed by atoms with Crippen molar-refractivity contribution in [2.24, 2.45) is 12.8 Å². The van der Waals surface area contributed by atoms with Gasteiger partial charge in [0, 0.05) is 18.5 Å². The Bertz CT molecular complexity index is 940. The maximum Gasteiger partial charge on any atom is 0.451 e. The molecule has 0 radical (unpaired) electrons. The van der Waals surface area contributed by atoms with Crippen molar-refractivity contribution < 1.29 is 18.0 Å². The Morgan fingerprint density at radius 2 is 2.08 bits per heavy atom. The fourth-order valence-corrected chi connectivity index (χ4v) is 3.86. The quantitative estimate of drug-likeness (QED) is 0.385. The van der Waals surface area contributed by atoms with E-state index in [1.807, 2.05) is 0 Å². The summed E-state index contributed by atoms with van der Waals surface area (Å²) in [4.78, 5) is 20.7. The molecular weight excluding hydrogens is 411 g/mol. The number of aromatic nitrogens is 4. The molecule has 0 saturated carbocycles. The summed E-state index contributed by atoms with van der Waals surface area (Å²) in [6.45, 7) is 0.336. The number of rotatable bonds is 5. The Balaban J connectivity index is 0.00000243. The van der Waals surface area contributed by atoms with E-state index >= 15 is 0 Å². The molecule has 140 valence electrons. The van der Waals surface area contributed by atoms with Crippen LogP contribution in [0.25, 0.3) is 11.0 Å². The van der Waals surface area contributed by atoms with Gasteiger partial charge in [-0.2, -0.15) is 18.3 Å². The normalized spacial score (nSPS) is 11.6. The van der Waals surface area contributed by atoms with E-state index in [1.165, 1.54) is 29.3 Å². The highest BCUT2D eigenvalue weighted by Crippen LogP contribution is 2.32. The van der Waals surface area contributed by atoms with Crippen LogP contribution in [0.15, 0.2) is 23.4 Å². The third-order valence-electron chi connectivity index (χ3n) is 3.29. The number of carbonyl (C=O) groups is 1. The highest BCUT2D eigenvalue weighted by Gasteiger charge is 2.36. The number of Topliss-reactive ketones (excluding diaryl/α,β-unsaturated/α-hetero) is 1. The molecule has 0 aliphatic heterocycles. The second-order valence-electron chi connectivity index (χ2n) is 5.04. The summed E-state index contributed by atoms with van der Waals surface area (Å²) in [6, 6.07) is 3.42. The van der Waals surface area contributed by atoms with Gasteiger partial charge in [0.25, 0.3) is 0 Å². The zero-order valence-corrected chi connectivity index (χ0v) is 15.7. The molecule has 0 amide bonds. The molecule has 0 aliphatic carbocycles. The minimum Gasteiger partial charge on any atom is -0.326 e. The van der Waals surface area contributed by atoms with Crippen LogP contribution >= 0.6 is 35.5 Å². The predicted octanol–water partition coefficient (Wildman–Crippen LogP) is 3.30. The Morgan fingerprint density at radius 1 is 1.35 bits per heavy atom. The van der Waals surface area contributed by atoms with E-state index in [2.05, 4.69) is 15.1 Å². The molecule has 0 bridgehead atoms. The second kappa shape index (κ2) is 7.91. The van der Waals surface area contributed by atoms with Crippen LogP contribution < -0.4 is 5.73 Å². The maximum atomic E-state index is 13.0. The van der Waals surface area contributed by atoms with Gasteiger partial charge in [-0.1, -0.05) is 11.8 Å². The summed E-state index contributed by atoms with van der Waals surface area (Å²) < 4.78 is 40.2. The monoisotopic (exact) mass is 423 g/mol. The summed E-state index contributed by atoms with van der Waals surface area (Å²) in [5.41, 5.74) is 5.58. The molecule has 0 saturated heterocycles. The van der Waals surface area contributed by atoms with Gasteiger partial charge in [-0.05, 0) is 12.1 Å². The molecule has 0 aliphatic rings. The van der Waals surface area contributed by atoms with E-state index in [0.717, 1.165) is 16.6 Å². The van der Waals surface area contributed by atoms with E-state index in [-0.39, 0.29) is 34.6 Å². The van der Waals surface area contributed by atoms with Gasteiger partial charge in [-0.25, -0.2) is 9.97 Å². The first-order valence-electron chi connectivity index (χ1n) is 7.01. The third kappa shape index (κ3) is 4.17. The molecule has 26 heavy (non-hydrogen) atoms. The second-order valence-corrected chi connectivity index (χ2v) is 7.17. The smallest absolute Gasteiger partial charge is 0.326 e. The van der Waals surface area contributed by atoms with Crippen LogP contribution in [0.1, 0.15) is 20.4 Å². The van der Waals surface area contributed by atoms with E-state index in [9.17, 15) is 18.0 Å². The van der Waals surface area contributed by atoms with Crippen LogP contribution in [0.4, 0.5) is 13.2 Å². The summed E-state index contributed by atoms with van der Waals surface area (Å²) in [6.07, 6.45) is -3.29. The lowest BCUT2D eigenvalue weighted by Gasteiger charge is -2.08. The molecule has 3 aromatic rings. The van der Waals surface area contributed by atoms with Crippen molar-refractivity contribution in [2.75, 3.05) is 5.75 Å². The van der Waals surface area contributed by atoms with Gasteiger partial charge in [-0.3, -0.25) is 9.48 Å². The first-order valence-corrected chi connectivity index (χ1v) is 8.81. The Labute approximate surface area is 160 Å². The Kier molecular flexibility index (Phi) is 6.27. The maximum absolute atomic E-state index is 13.0. The molecule has 12 heteroatoms. The molecule has 0 fully saturated rings. The summed E-state index contributed by atoms with van der Waals surface area (Å²) in [5.74, 6) is -1.48. The van der Waals surface area contributed by atoms with Crippen molar-refractivity contribution in [2.45, 2.75) is 17.7 Å². The standard InChI is InChI=1S/C14H12F3N5OS2.ClH/c1-22-11-8(5-19-22)12(21-13(20-11)14(15,16)17)24-6-9(23)10-3-2-7(4-18)25-10;/h2-3,5H,4,6,18H2,1H3;1H. The van der Waals surface area contributed by atoms with Crippen LogP contribution in [0.3, 0.4) is 0 Å². The van der Waals surface area contributed by atoms with Crippen molar-refractivity contribution in [1.29, 1.82) is 0 Å². The van der Waals surface area contributed by atoms with Gasteiger partial charge in [-0.15, -0.1) is 23.7 Å². The number of hydrogen-bond acceptors (Lipinski definition) is 7. The molecule has 2 N–H and O–H groups in total. The number of thiophene rings is 1. The minimum atomic E-state index is -4.68. The number of halogens is 4. The number of nitrogens with two attached hydrogens (primary N) is 1. The number of nitrogens with zero attached hydrogens (tertiary/aromatic N) is 4. The van der Waals surface area contributed by atoms with Crippen LogP contribution in [-0.2, 0) is 19.8 Å². The van der Waals surface area contributed by atoms with Crippen molar-refractivity contribution >= 4 is 52.3 Å². The predicted molar refractivity (Wildman–Crippen MR) is 95.8 cm³/mol. The zero-order valence-electron chi connectivity index (χ0n) is 13.3. The average molecular weight is 424 g/mol. The van der Waals surface area contributed by atoms with Crippen LogP contribution in [0.5, 0.6) is 0 Å². The van der Waals surface area contributed by atoms with E-state index in [1.54, 1.807) is 12.1 Å². The van der Waals surface area contributed by atoms with Gasteiger partial charge < -0.3 is 5.73 Å². The zero-order chi connectivity index (χ0) is 18.2. The summed E-state index contributed by atoms with van der Waals surface area (Å²) in [5, 5.41) is 4.37. The number of thioether (sulfide) groups is 1. The first-order chi connectivity index (χ1) is 11.8. The highest BCUT2D eigenvalue weighted by molar-refractivity contribution is 8.00. The lowest BCUT2D eigenvalue weighted by atomic mass is 10.3. The molecule has 0 aromatic carbocycles. The number of alkyl halides is 3. The van der Waals surface area contributed by atoms with Crippen LogP contribution in [-0.4, -0.2) is 31.3 Å². The number of ketones is 1. The molecule has 3 rings (SSSR count). The molecule has 3 aromatic heterocycles. The number of fused-ring (bicyclic) bond motifs is 1. The highest BCUT2D eigenvalue weighted by atomic mass is 35.5. The van der Waals surface area contributed by atoms with Gasteiger partial charge in [0.05, 0.1) is 22.2 Å². The fourth-order valence-electron chi connectivity index (χ4n) is 2.08. The Hall–Kier alpha value is -1.69. The summed E-state index contributed by atoms with van der Waals surface area (Å²) in [7, 11) is 1.50. The summed E-state index contributed by atoms with van der Waals surface area (Å²) >= 11 is 2.21. The Morgan fingerprint density at radius 3 is 2.69 bits per heavy atom. The van der Waals surface area contributed by atoms with Crippen LogP contribution in [0, 0.1) is 0 Å². The molecule has 3 heterocycles. The SMILES string of the molecule is Cl.Cn1ncc2c(SCC(=O)c3ccc(CN)s3)nc(C(F)(F)F)nc21. The van der Waals surface area contributed by atoms with E-state index in [4.69, 9.17) is 5.73 Å².